The van der Waals surface area contributed by atoms with Gasteiger partial charge in [-0.15, -0.1) is 11.3 Å². The van der Waals surface area contributed by atoms with Gasteiger partial charge in [0.15, 0.2) is 0 Å². The highest BCUT2D eigenvalue weighted by atomic mass is 32.2. The number of aliphatic hydroxyl groups is 1. The van der Waals surface area contributed by atoms with Gasteiger partial charge in [0.1, 0.15) is 5.60 Å². The van der Waals surface area contributed by atoms with Crippen LogP contribution in [0, 0.1) is 0 Å². The van der Waals surface area contributed by atoms with Gasteiger partial charge in [-0.25, -0.2) is 13.1 Å². The highest BCUT2D eigenvalue weighted by Crippen LogP contribution is 2.33. The zero-order valence-corrected chi connectivity index (χ0v) is 15.7. The van der Waals surface area contributed by atoms with Crippen molar-refractivity contribution in [2.75, 3.05) is 6.54 Å². The molecule has 25 heavy (non-hydrogen) atoms. The molecule has 0 bridgehead atoms. The van der Waals surface area contributed by atoms with Crippen LogP contribution in [0.5, 0.6) is 0 Å². The fraction of sp³-hybridized carbons (Fsp3) is 0.111. The van der Waals surface area contributed by atoms with Gasteiger partial charge in [-0.3, -0.25) is 0 Å². The van der Waals surface area contributed by atoms with E-state index in [1.165, 1.54) is 28.7 Å². The van der Waals surface area contributed by atoms with E-state index in [0.717, 1.165) is 11.0 Å². The van der Waals surface area contributed by atoms with Crippen molar-refractivity contribution in [2.24, 2.45) is 0 Å². The van der Waals surface area contributed by atoms with Crippen LogP contribution in [0.4, 0.5) is 0 Å². The first kappa shape index (κ1) is 18.0. The molecule has 2 heterocycles. The summed E-state index contributed by atoms with van der Waals surface area (Å²) >= 11 is 2.85. The van der Waals surface area contributed by atoms with E-state index in [0.29, 0.717) is 10.4 Å². The zero-order valence-electron chi connectivity index (χ0n) is 13.2. The molecule has 2 aromatic heterocycles. The predicted molar refractivity (Wildman–Crippen MR) is 104 cm³/mol. The number of sulfonamides is 1. The minimum Gasteiger partial charge on any atom is -0.378 e. The molecule has 1 atom stereocenters. The van der Waals surface area contributed by atoms with Gasteiger partial charge < -0.3 is 5.11 Å². The van der Waals surface area contributed by atoms with Crippen molar-refractivity contribution < 1.29 is 13.5 Å². The molecule has 0 amide bonds. The van der Waals surface area contributed by atoms with E-state index in [9.17, 15) is 13.5 Å². The van der Waals surface area contributed by atoms with Crippen molar-refractivity contribution in [3.8, 4) is 0 Å². The van der Waals surface area contributed by atoms with Crippen LogP contribution < -0.4 is 4.72 Å². The number of benzene rings is 1. The number of hydrogen-bond donors (Lipinski definition) is 2. The third-order valence-electron chi connectivity index (χ3n) is 3.70. The Morgan fingerprint density at radius 1 is 1.08 bits per heavy atom. The van der Waals surface area contributed by atoms with Crippen LogP contribution in [0.1, 0.15) is 16.0 Å². The Bertz CT molecular complexity index is 881. The lowest BCUT2D eigenvalue weighted by Gasteiger charge is -2.26. The molecule has 3 aromatic rings. The van der Waals surface area contributed by atoms with Crippen molar-refractivity contribution in [1.82, 2.24) is 4.72 Å². The summed E-state index contributed by atoms with van der Waals surface area (Å²) in [5.74, 6) is 0. The summed E-state index contributed by atoms with van der Waals surface area (Å²) in [5.41, 5.74) is 0.0795. The Labute approximate surface area is 155 Å². The van der Waals surface area contributed by atoms with E-state index in [1.807, 2.05) is 52.5 Å². The summed E-state index contributed by atoms with van der Waals surface area (Å²) < 4.78 is 27.1. The molecular weight excluding hydrogens is 374 g/mol. The normalized spacial score (nSPS) is 14.6. The Balaban J connectivity index is 1.78. The first-order chi connectivity index (χ1) is 12.0. The first-order valence-electron chi connectivity index (χ1n) is 7.51. The molecule has 0 saturated carbocycles. The fourth-order valence-electron chi connectivity index (χ4n) is 2.33. The molecule has 0 aliphatic heterocycles. The molecule has 0 saturated heterocycles. The maximum absolute atomic E-state index is 12.3. The lowest BCUT2D eigenvalue weighted by atomic mass is 9.95. The van der Waals surface area contributed by atoms with Gasteiger partial charge >= 0.3 is 0 Å². The molecule has 0 unspecified atom stereocenters. The predicted octanol–water partition coefficient (Wildman–Crippen LogP) is 3.64. The zero-order chi connectivity index (χ0) is 17.8. The molecule has 3 rings (SSSR count). The molecule has 130 valence electrons. The van der Waals surface area contributed by atoms with E-state index in [2.05, 4.69) is 4.72 Å². The van der Waals surface area contributed by atoms with Crippen molar-refractivity contribution >= 4 is 38.8 Å². The number of hydrogen-bond acceptors (Lipinski definition) is 5. The topological polar surface area (TPSA) is 66.4 Å². The van der Waals surface area contributed by atoms with E-state index in [1.54, 1.807) is 12.1 Å². The highest BCUT2D eigenvalue weighted by Gasteiger charge is 2.34. The Hall–Kier alpha value is -1.77. The SMILES string of the molecule is O=S(=O)(/C=C/c1ccccc1)NC[C@@](O)(c1ccsc1)c1cccs1. The Morgan fingerprint density at radius 2 is 1.88 bits per heavy atom. The summed E-state index contributed by atoms with van der Waals surface area (Å²) in [6, 6.07) is 14.6. The second-order valence-corrected chi connectivity index (χ2v) is 8.81. The van der Waals surface area contributed by atoms with Crippen LogP contribution in [0.25, 0.3) is 6.08 Å². The summed E-state index contributed by atoms with van der Waals surface area (Å²) in [6.45, 7) is -0.133. The number of nitrogens with one attached hydrogen (secondary N) is 1. The lowest BCUT2D eigenvalue weighted by molar-refractivity contribution is 0.0904. The van der Waals surface area contributed by atoms with Crippen LogP contribution in [-0.4, -0.2) is 20.1 Å². The average molecular weight is 392 g/mol. The van der Waals surface area contributed by atoms with Crippen molar-refractivity contribution in [1.29, 1.82) is 0 Å². The van der Waals surface area contributed by atoms with Gasteiger partial charge in [-0.05, 0) is 39.9 Å². The van der Waals surface area contributed by atoms with E-state index < -0.39 is 15.6 Å². The second kappa shape index (κ2) is 7.63. The number of thiophene rings is 2. The summed E-state index contributed by atoms with van der Waals surface area (Å²) in [4.78, 5) is 0.695. The Morgan fingerprint density at radius 3 is 2.52 bits per heavy atom. The van der Waals surface area contributed by atoms with Gasteiger partial charge in [-0.2, -0.15) is 11.3 Å². The minimum absolute atomic E-state index is 0.133. The second-order valence-electron chi connectivity index (χ2n) is 5.43. The highest BCUT2D eigenvalue weighted by molar-refractivity contribution is 7.92. The summed E-state index contributed by atoms with van der Waals surface area (Å²) in [6.07, 6.45) is 1.52. The van der Waals surface area contributed by atoms with Crippen LogP contribution in [0.3, 0.4) is 0 Å². The monoisotopic (exact) mass is 391 g/mol. The van der Waals surface area contributed by atoms with Gasteiger partial charge in [0.25, 0.3) is 0 Å². The maximum atomic E-state index is 12.3. The van der Waals surface area contributed by atoms with Crippen LogP contribution in [-0.2, 0) is 15.6 Å². The van der Waals surface area contributed by atoms with Crippen molar-refractivity contribution in [2.45, 2.75) is 5.60 Å². The standard InChI is InChI=1S/C18H17NO3S3/c20-18(16-8-11-23-13-16,17-7-4-10-24-17)14-19-25(21,22)12-9-15-5-2-1-3-6-15/h1-13,19-20H,14H2/b12-9+/t18-/m1/s1. The van der Waals surface area contributed by atoms with E-state index >= 15 is 0 Å². The molecule has 2 N–H and O–H groups in total. The third kappa shape index (κ3) is 4.45. The quantitative estimate of drug-likeness (QED) is 0.646. The van der Waals surface area contributed by atoms with Crippen molar-refractivity contribution in [3.05, 3.63) is 86.1 Å². The van der Waals surface area contributed by atoms with Gasteiger partial charge in [0.05, 0.1) is 0 Å². The third-order valence-corrected chi connectivity index (χ3v) is 6.44. The smallest absolute Gasteiger partial charge is 0.233 e. The van der Waals surface area contributed by atoms with Gasteiger partial charge in [0.2, 0.25) is 10.0 Å². The fourth-order valence-corrected chi connectivity index (χ4v) is 4.74. The van der Waals surface area contributed by atoms with Crippen LogP contribution in [0.2, 0.25) is 0 Å². The summed E-state index contributed by atoms with van der Waals surface area (Å²) in [5, 5.41) is 17.8. The molecule has 7 heteroatoms. The lowest BCUT2D eigenvalue weighted by Crippen LogP contribution is -2.40. The molecule has 0 fully saturated rings. The van der Waals surface area contributed by atoms with E-state index in [-0.39, 0.29) is 6.54 Å². The Kier molecular flexibility index (Phi) is 5.51. The molecule has 0 aliphatic carbocycles. The summed E-state index contributed by atoms with van der Waals surface area (Å²) in [7, 11) is -3.68. The molecule has 0 spiro atoms. The molecule has 1 aromatic carbocycles. The van der Waals surface area contributed by atoms with Gasteiger partial charge in [-0.1, -0.05) is 36.4 Å². The first-order valence-corrected chi connectivity index (χ1v) is 10.9. The van der Waals surface area contributed by atoms with Crippen LogP contribution >= 0.6 is 22.7 Å². The van der Waals surface area contributed by atoms with E-state index in [4.69, 9.17) is 0 Å². The largest absolute Gasteiger partial charge is 0.378 e. The molecule has 0 aliphatic rings. The minimum atomic E-state index is -3.68. The van der Waals surface area contributed by atoms with Gasteiger partial charge in [0, 0.05) is 22.4 Å². The molecule has 0 radical (unpaired) electrons. The van der Waals surface area contributed by atoms with Crippen LogP contribution in [0.15, 0.2) is 70.1 Å². The molecule has 4 nitrogen and oxygen atoms in total. The maximum Gasteiger partial charge on any atom is 0.233 e. The average Bonchev–Trinajstić information content (AvgIpc) is 3.33. The molecular formula is C18H17NO3S3. The van der Waals surface area contributed by atoms with Crippen molar-refractivity contribution in [3.63, 3.8) is 0 Å². The number of rotatable bonds is 7.